The normalized spacial score (nSPS) is 13.9. The maximum absolute atomic E-state index is 6.07. The third-order valence-corrected chi connectivity index (χ3v) is 4.42. The first kappa shape index (κ1) is 13.8. The Hall–Kier alpha value is -1.17. The van der Waals surface area contributed by atoms with E-state index in [-0.39, 0.29) is 0 Å². The van der Waals surface area contributed by atoms with Gasteiger partial charge in [-0.15, -0.1) is 0 Å². The Labute approximate surface area is 130 Å². The number of anilines is 1. The molecule has 0 saturated carbocycles. The van der Waals surface area contributed by atoms with E-state index in [2.05, 4.69) is 26.3 Å². The fourth-order valence-electron chi connectivity index (χ4n) is 2.50. The van der Waals surface area contributed by atoms with Gasteiger partial charge in [0.15, 0.2) is 5.82 Å². The van der Waals surface area contributed by atoms with E-state index in [1.54, 1.807) is 0 Å². The van der Waals surface area contributed by atoms with E-state index in [9.17, 15) is 0 Å². The van der Waals surface area contributed by atoms with Crippen molar-refractivity contribution in [3.8, 4) is 11.4 Å². The first-order chi connectivity index (χ1) is 9.69. The molecule has 1 aromatic carbocycles. The van der Waals surface area contributed by atoms with Crippen molar-refractivity contribution in [1.29, 1.82) is 0 Å². The number of benzene rings is 1. The van der Waals surface area contributed by atoms with Crippen LogP contribution in [0.4, 0.5) is 5.82 Å². The van der Waals surface area contributed by atoms with Gasteiger partial charge in [-0.25, -0.2) is 15.8 Å². The molecule has 3 rings (SSSR count). The van der Waals surface area contributed by atoms with Crippen molar-refractivity contribution < 1.29 is 0 Å². The number of aryl methyl sites for hydroxylation is 1. The molecule has 0 radical (unpaired) electrons. The Balaban J connectivity index is 2.17. The SMILES string of the molecule is NNc1nc(-c2cc(Cl)ccc2Br)nc2c1CCCC2. The van der Waals surface area contributed by atoms with Crippen LogP contribution in [0.5, 0.6) is 0 Å². The highest BCUT2D eigenvalue weighted by Crippen LogP contribution is 2.32. The monoisotopic (exact) mass is 352 g/mol. The number of hydrogen-bond acceptors (Lipinski definition) is 4. The molecule has 0 fully saturated rings. The number of rotatable bonds is 2. The highest BCUT2D eigenvalue weighted by atomic mass is 79.9. The number of nitrogen functional groups attached to an aromatic ring is 1. The molecule has 4 nitrogen and oxygen atoms in total. The standard InChI is InChI=1S/C14H14BrClN4/c15-11-6-5-8(16)7-10(11)13-18-12-4-2-1-3-9(12)14(19-13)20-17/h5-7H,1-4,17H2,(H,18,19,20). The summed E-state index contributed by atoms with van der Waals surface area (Å²) < 4.78 is 0.917. The van der Waals surface area contributed by atoms with Gasteiger partial charge in [-0.3, -0.25) is 0 Å². The van der Waals surface area contributed by atoms with Crippen molar-refractivity contribution in [1.82, 2.24) is 9.97 Å². The molecule has 2 aromatic rings. The van der Waals surface area contributed by atoms with Crippen molar-refractivity contribution in [3.05, 3.63) is 39.0 Å². The van der Waals surface area contributed by atoms with Gasteiger partial charge >= 0.3 is 0 Å². The Bertz CT molecular complexity index is 643. The predicted octanol–water partition coefficient (Wildman–Crippen LogP) is 3.72. The van der Waals surface area contributed by atoms with Crippen LogP contribution in [0.1, 0.15) is 24.1 Å². The van der Waals surface area contributed by atoms with Crippen LogP contribution in [0, 0.1) is 0 Å². The number of nitrogens with one attached hydrogen (secondary N) is 1. The van der Waals surface area contributed by atoms with Crippen molar-refractivity contribution >= 4 is 33.3 Å². The molecule has 1 heterocycles. The third kappa shape index (κ3) is 2.53. The Morgan fingerprint density at radius 3 is 2.80 bits per heavy atom. The topological polar surface area (TPSA) is 63.8 Å². The van der Waals surface area contributed by atoms with Gasteiger partial charge in [0.25, 0.3) is 0 Å². The second kappa shape index (κ2) is 5.68. The van der Waals surface area contributed by atoms with Crippen LogP contribution >= 0.6 is 27.5 Å². The maximum atomic E-state index is 6.07. The van der Waals surface area contributed by atoms with Gasteiger partial charge in [0.2, 0.25) is 0 Å². The van der Waals surface area contributed by atoms with E-state index < -0.39 is 0 Å². The van der Waals surface area contributed by atoms with E-state index in [0.29, 0.717) is 10.8 Å². The van der Waals surface area contributed by atoms with Crippen LogP contribution < -0.4 is 11.3 Å². The summed E-state index contributed by atoms with van der Waals surface area (Å²) in [5, 5.41) is 0.659. The van der Waals surface area contributed by atoms with Crippen LogP contribution in [0.25, 0.3) is 11.4 Å². The van der Waals surface area contributed by atoms with Gasteiger partial charge in [-0.05, 0) is 43.9 Å². The number of hydrogen-bond donors (Lipinski definition) is 2. The summed E-state index contributed by atoms with van der Waals surface area (Å²) in [5.41, 5.74) is 5.80. The number of hydrazine groups is 1. The van der Waals surface area contributed by atoms with Crippen LogP contribution in [0.15, 0.2) is 22.7 Å². The van der Waals surface area contributed by atoms with Gasteiger partial charge < -0.3 is 5.43 Å². The maximum Gasteiger partial charge on any atom is 0.163 e. The van der Waals surface area contributed by atoms with Crippen LogP contribution in [-0.2, 0) is 12.8 Å². The minimum atomic E-state index is 0.646. The number of halogens is 2. The average molecular weight is 354 g/mol. The highest BCUT2D eigenvalue weighted by Gasteiger charge is 2.19. The lowest BCUT2D eigenvalue weighted by molar-refractivity contribution is 0.665. The van der Waals surface area contributed by atoms with Gasteiger partial charge in [0, 0.05) is 26.3 Å². The van der Waals surface area contributed by atoms with Crippen LogP contribution in [0.3, 0.4) is 0 Å². The zero-order chi connectivity index (χ0) is 14.1. The highest BCUT2D eigenvalue weighted by molar-refractivity contribution is 9.10. The van der Waals surface area contributed by atoms with E-state index in [4.69, 9.17) is 22.4 Å². The van der Waals surface area contributed by atoms with E-state index in [1.165, 1.54) is 0 Å². The molecule has 1 aliphatic rings. The summed E-state index contributed by atoms with van der Waals surface area (Å²) >= 11 is 9.59. The minimum absolute atomic E-state index is 0.646. The van der Waals surface area contributed by atoms with Crippen molar-refractivity contribution in [2.24, 2.45) is 5.84 Å². The fraction of sp³-hybridized carbons (Fsp3) is 0.286. The Kier molecular flexibility index (Phi) is 3.92. The molecule has 0 aliphatic heterocycles. The van der Waals surface area contributed by atoms with Gasteiger partial charge in [-0.1, -0.05) is 27.5 Å². The Morgan fingerprint density at radius 2 is 2.00 bits per heavy atom. The van der Waals surface area contributed by atoms with Crippen LogP contribution in [-0.4, -0.2) is 9.97 Å². The molecule has 0 atom stereocenters. The molecule has 0 saturated heterocycles. The number of fused-ring (bicyclic) bond motifs is 1. The molecule has 0 amide bonds. The summed E-state index contributed by atoms with van der Waals surface area (Å²) in [7, 11) is 0. The number of nitrogens with two attached hydrogens (primary N) is 1. The first-order valence-corrected chi connectivity index (χ1v) is 7.68. The molecular weight excluding hydrogens is 340 g/mol. The first-order valence-electron chi connectivity index (χ1n) is 6.51. The quantitative estimate of drug-likeness (QED) is 0.638. The van der Waals surface area contributed by atoms with E-state index in [1.807, 2.05) is 18.2 Å². The summed E-state index contributed by atoms with van der Waals surface area (Å²) in [6, 6.07) is 5.59. The molecule has 20 heavy (non-hydrogen) atoms. The molecule has 0 spiro atoms. The molecule has 1 aliphatic carbocycles. The smallest absolute Gasteiger partial charge is 0.163 e. The molecule has 3 N–H and O–H groups in total. The summed E-state index contributed by atoms with van der Waals surface area (Å²) in [6.07, 6.45) is 4.26. The van der Waals surface area contributed by atoms with E-state index >= 15 is 0 Å². The molecule has 0 unspecified atom stereocenters. The lowest BCUT2D eigenvalue weighted by Gasteiger charge is -2.19. The zero-order valence-corrected chi connectivity index (χ0v) is 13.1. The molecule has 0 bridgehead atoms. The molecule has 104 valence electrons. The van der Waals surface area contributed by atoms with Crippen LogP contribution in [0.2, 0.25) is 5.02 Å². The summed E-state index contributed by atoms with van der Waals surface area (Å²) in [4.78, 5) is 9.24. The molecular formula is C14H14BrClN4. The van der Waals surface area contributed by atoms with Crippen molar-refractivity contribution in [3.63, 3.8) is 0 Å². The van der Waals surface area contributed by atoms with Crippen molar-refractivity contribution in [2.75, 3.05) is 5.43 Å². The number of nitrogens with zero attached hydrogens (tertiary/aromatic N) is 2. The summed E-state index contributed by atoms with van der Waals surface area (Å²) in [5.74, 6) is 6.98. The predicted molar refractivity (Wildman–Crippen MR) is 84.6 cm³/mol. The van der Waals surface area contributed by atoms with Gasteiger partial charge in [-0.2, -0.15) is 0 Å². The number of aromatic nitrogens is 2. The fourth-order valence-corrected chi connectivity index (χ4v) is 3.10. The van der Waals surface area contributed by atoms with Gasteiger partial charge in [0.1, 0.15) is 5.82 Å². The third-order valence-electron chi connectivity index (χ3n) is 3.49. The lowest BCUT2D eigenvalue weighted by atomic mass is 9.96. The van der Waals surface area contributed by atoms with E-state index in [0.717, 1.165) is 52.8 Å². The second-order valence-corrected chi connectivity index (χ2v) is 6.09. The average Bonchev–Trinajstić information content (AvgIpc) is 2.48. The Morgan fingerprint density at radius 1 is 1.20 bits per heavy atom. The molecule has 1 aromatic heterocycles. The second-order valence-electron chi connectivity index (χ2n) is 4.80. The van der Waals surface area contributed by atoms with Gasteiger partial charge in [0.05, 0.1) is 0 Å². The molecule has 6 heteroatoms. The zero-order valence-electron chi connectivity index (χ0n) is 10.8. The minimum Gasteiger partial charge on any atom is -0.308 e. The lowest BCUT2D eigenvalue weighted by Crippen LogP contribution is -2.17. The largest absolute Gasteiger partial charge is 0.308 e. The summed E-state index contributed by atoms with van der Waals surface area (Å²) in [6.45, 7) is 0. The van der Waals surface area contributed by atoms with Crippen molar-refractivity contribution in [2.45, 2.75) is 25.7 Å².